The lowest BCUT2D eigenvalue weighted by Crippen LogP contribution is -2.37. The topological polar surface area (TPSA) is 102 Å². The highest BCUT2D eigenvalue weighted by atomic mass is 16.5. The van der Waals surface area contributed by atoms with Gasteiger partial charge >= 0.3 is 0 Å². The number of hydrogen-bond acceptors (Lipinski definition) is 8. The number of methoxy groups -OCH3 is 1. The highest BCUT2D eigenvalue weighted by molar-refractivity contribution is 5.92. The number of pyridine rings is 1. The maximum Gasteiger partial charge on any atom is 0.270 e. The third kappa shape index (κ3) is 5.09. The Morgan fingerprint density at radius 1 is 1.09 bits per heavy atom. The molecule has 9 heteroatoms. The van der Waals surface area contributed by atoms with Crippen LogP contribution < -0.4 is 20.3 Å². The second-order valence-electron chi connectivity index (χ2n) is 8.37. The Labute approximate surface area is 198 Å². The van der Waals surface area contributed by atoms with Gasteiger partial charge in [-0.05, 0) is 54.7 Å². The van der Waals surface area contributed by atoms with Crippen molar-refractivity contribution in [1.29, 1.82) is 0 Å². The number of nitrogens with zero attached hydrogens (tertiary/aromatic N) is 4. The van der Waals surface area contributed by atoms with E-state index in [0.717, 1.165) is 31.6 Å². The van der Waals surface area contributed by atoms with E-state index in [1.807, 2.05) is 6.07 Å². The van der Waals surface area contributed by atoms with E-state index in [1.165, 1.54) is 23.7 Å². The van der Waals surface area contributed by atoms with Crippen LogP contribution in [0.25, 0.3) is 0 Å². The Balaban J connectivity index is 1.35. The van der Waals surface area contributed by atoms with Crippen LogP contribution in [0.2, 0.25) is 0 Å². The molecule has 0 atom stereocenters. The van der Waals surface area contributed by atoms with Crippen molar-refractivity contribution in [2.75, 3.05) is 43.6 Å². The molecule has 1 aliphatic carbocycles. The summed E-state index contributed by atoms with van der Waals surface area (Å²) in [6.45, 7) is 2.99. The lowest BCUT2D eigenvalue weighted by Gasteiger charge is -2.27. The molecule has 2 aliphatic rings. The van der Waals surface area contributed by atoms with Crippen LogP contribution in [0.1, 0.15) is 33.7 Å². The van der Waals surface area contributed by atoms with Gasteiger partial charge in [-0.15, -0.1) is 0 Å². The van der Waals surface area contributed by atoms with Gasteiger partial charge in [-0.25, -0.2) is 9.97 Å². The maximum absolute atomic E-state index is 12.6. The van der Waals surface area contributed by atoms with Crippen LogP contribution >= 0.6 is 0 Å². The van der Waals surface area contributed by atoms with Crippen molar-refractivity contribution in [3.05, 3.63) is 65.1 Å². The van der Waals surface area contributed by atoms with Crippen molar-refractivity contribution in [2.45, 2.75) is 25.8 Å². The smallest absolute Gasteiger partial charge is 0.270 e. The van der Waals surface area contributed by atoms with Crippen molar-refractivity contribution in [2.24, 2.45) is 0 Å². The first-order chi connectivity index (χ1) is 16.7. The van der Waals surface area contributed by atoms with E-state index in [2.05, 4.69) is 38.7 Å². The van der Waals surface area contributed by atoms with Gasteiger partial charge in [0.05, 0.1) is 38.8 Å². The molecule has 0 radical (unpaired) electrons. The molecule has 0 unspecified atom stereocenters. The van der Waals surface area contributed by atoms with Crippen LogP contribution in [-0.2, 0) is 24.1 Å². The van der Waals surface area contributed by atoms with Gasteiger partial charge in [-0.2, -0.15) is 4.98 Å². The number of fused-ring (bicyclic) bond motifs is 1. The third-order valence-corrected chi connectivity index (χ3v) is 6.07. The number of morpholine rings is 1. The minimum absolute atomic E-state index is 0.255. The summed E-state index contributed by atoms with van der Waals surface area (Å²) in [6.07, 6.45) is 5.00. The SMILES string of the molecule is COc1ccc(C(=O)NCc2cc(Nc3ccc4c(c3)CCC4)nc(N3CCOCC3)n2)nc1. The zero-order valence-corrected chi connectivity index (χ0v) is 19.2. The Morgan fingerprint density at radius 2 is 1.94 bits per heavy atom. The largest absolute Gasteiger partial charge is 0.495 e. The minimum atomic E-state index is -0.276. The summed E-state index contributed by atoms with van der Waals surface area (Å²) in [5.41, 5.74) is 4.86. The van der Waals surface area contributed by atoms with Crippen LogP contribution in [-0.4, -0.2) is 54.3 Å². The Morgan fingerprint density at radius 3 is 2.74 bits per heavy atom. The van der Waals surface area contributed by atoms with E-state index in [0.29, 0.717) is 42.1 Å². The number of rotatable bonds is 7. The molecule has 0 spiro atoms. The number of amides is 1. The molecule has 1 amide bonds. The van der Waals surface area contributed by atoms with Gasteiger partial charge in [0.2, 0.25) is 5.95 Å². The second-order valence-corrected chi connectivity index (χ2v) is 8.37. The van der Waals surface area contributed by atoms with E-state index >= 15 is 0 Å². The number of nitrogens with one attached hydrogen (secondary N) is 2. The summed E-state index contributed by atoms with van der Waals surface area (Å²) in [5.74, 6) is 1.65. The number of carbonyl (C=O) groups excluding carboxylic acids is 1. The second kappa shape index (κ2) is 10.0. The van der Waals surface area contributed by atoms with Crippen LogP contribution in [0.4, 0.5) is 17.5 Å². The van der Waals surface area contributed by atoms with Gasteiger partial charge in [0.15, 0.2) is 0 Å². The predicted octanol–water partition coefficient (Wildman–Crippen LogP) is 2.88. The lowest BCUT2D eigenvalue weighted by atomic mass is 10.1. The average Bonchev–Trinajstić information content (AvgIpc) is 3.36. The van der Waals surface area contributed by atoms with E-state index in [9.17, 15) is 4.79 Å². The standard InChI is InChI=1S/C25H28N6O3/c1-33-21-7-8-22(26-16-21)24(32)27-15-20-14-23(30-25(29-20)31-9-11-34-12-10-31)28-19-6-5-17-3-2-4-18(17)13-19/h5-8,13-14,16H,2-4,9-12,15H2,1H3,(H,27,32)(H,28,29,30). The molecular weight excluding hydrogens is 432 g/mol. The van der Waals surface area contributed by atoms with E-state index in [1.54, 1.807) is 19.2 Å². The van der Waals surface area contributed by atoms with Gasteiger partial charge in [0.25, 0.3) is 5.91 Å². The number of aryl methyl sites for hydroxylation is 2. The summed E-state index contributed by atoms with van der Waals surface area (Å²) in [6, 6.07) is 11.7. The molecule has 1 fully saturated rings. The van der Waals surface area contributed by atoms with Crippen LogP contribution in [0.5, 0.6) is 5.75 Å². The van der Waals surface area contributed by atoms with Gasteiger partial charge in [0.1, 0.15) is 17.3 Å². The number of hydrogen-bond donors (Lipinski definition) is 2. The highest BCUT2D eigenvalue weighted by Crippen LogP contribution is 2.27. The quantitative estimate of drug-likeness (QED) is 0.555. The van der Waals surface area contributed by atoms with Crippen LogP contribution in [0.3, 0.4) is 0 Å². The van der Waals surface area contributed by atoms with Crippen molar-refractivity contribution in [3.8, 4) is 5.75 Å². The molecule has 0 bridgehead atoms. The molecule has 34 heavy (non-hydrogen) atoms. The van der Waals surface area contributed by atoms with Crippen LogP contribution in [0.15, 0.2) is 42.6 Å². The zero-order valence-electron chi connectivity index (χ0n) is 19.2. The summed E-state index contributed by atoms with van der Waals surface area (Å²) < 4.78 is 10.6. The number of carbonyl (C=O) groups is 1. The van der Waals surface area contributed by atoms with Gasteiger partial charge in [0, 0.05) is 24.8 Å². The van der Waals surface area contributed by atoms with Crippen molar-refractivity contribution in [3.63, 3.8) is 0 Å². The van der Waals surface area contributed by atoms with E-state index in [-0.39, 0.29) is 12.5 Å². The first kappa shape index (κ1) is 22.1. The fraction of sp³-hybridized carbons (Fsp3) is 0.360. The summed E-state index contributed by atoms with van der Waals surface area (Å²) in [4.78, 5) is 28.3. The van der Waals surface area contributed by atoms with Crippen molar-refractivity contribution in [1.82, 2.24) is 20.3 Å². The van der Waals surface area contributed by atoms with E-state index in [4.69, 9.17) is 19.4 Å². The third-order valence-electron chi connectivity index (χ3n) is 6.07. The molecule has 3 heterocycles. The normalized spacial score (nSPS) is 15.0. The van der Waals surface area contributed by atoms with Gasteiger partial charge < -0.3 is 25.0 Å². The number of benzene rings is 1. The summed E-state index contributed by atoms with van der Waals surface area (Å²) in [5, 5.41) is 6.34. The number of ether oxygens (including phenoxy) is 2. The molecule has 3 aromatic rings. The summed E-state index contributed by atoms with van der Waals surface area (Å²) >= 11 is 0. The molecule has 9 nitrogen and oxygen atoms in total. The molecule has 5 rings (SSSR count). The first-order valence-electron chi connectivity index (χ1n) is 11.6. The van der Waals surface area contributed by atoms with Gasteiger partial charge in [-0.3, -0.25) is 4.79 Å². The first-order valence-corrected chi connectivity index (χ1v) is 11.6. The minimum Gasteiger partial charge on any atom is -0.495 e. The molecule has 0 saturated carbocycles. The monoisotopic (exact) mass is 460 g/mol. The van der Waals surface area contributed by atoms with Crippen LogP contribution in [0, 0.1) is 0 Å². The molecule has 1 saturated heterocycles. The number of anilines is 3. The maximum atomic E-state index is 12.6. The molecular formula is C25H28N6O3. The molecule has 1 aromatic carbocycles. The number of aromatic nitrogens is 3. The fourth-order valence-corrected chi connectivity index (χ4v) is 4.24. The Kier molecular flexibility index (Phi) is 6.53. The lowest BCUT2D eigenvalue weighted by molar-refractivity contribution is 0.0945. The Bertz CT molecular complexity index is 1160. The summed E-state index contributed by atoms with van der Waals surface area (Å²) in [7, 11) is 1.56. The molecule has 2 aromatic heterocycles. The van der Waals surface area contributed by atoms with Crippen molar-refractivity contribution >= 4 is 23.4 Å². The predicted molar refractivity (Wildman–Crippen MR) is 129 cm³/mol. The fourth-order valence-electron chi connectivity index (χ4n) is 4.24. The highest BCUT2D eigenvalue weighted by Gasteiger charge is 2.17. The van der Waals surface area contributed by atoms with Crippen molar-refractivity contribution < 1.29 is 14.3 Å². The van der Waals surface area contributed by atoms with E-state index < -0.39 is 0 Å². The van der Waals surface area contributed by atoms with Gasteiger partial charge in [-0.1, -0.05) is 6.07 Å². The molecule has 1 aliphatic heterocycles. The molecule has 176 valence electrons. The Hall–Kier alpha value is -3.72. The zero-order chi connectivity index (χ0) is 23.3. The molecule has 2 N–H and O–H groups in total. The average molecular weight is 461 g/mol.